The molecule has 1 aromatic rings. The Labute approximate surface area is 133 Å². The van der Waals surface area contributed by atoms with Crippen LogP contribution < -0.4 is 0 Å². The molecule has 19 heavy (non-hydrogen) atoms. The second-order valence-corrected chi connectivity index (χ2v) is 7.81. The molecule has 2 heterocycles. The number of thioether (sulfide) groups is 2. The minimum absolute atomic E-state index is 0.314. The maximum Gasteiger partial charge on any atom is 0.145 e. The molecule has 6 heteroatoms. The number of hydrogen-bond acceptors (Lipinski definition) is 4. The van der Waals surface area contributed by atoms with Crippen LogP contribution in [-0.4, -0.2) is 26.7 Å². The molecule has 0 radical (unpaired) electrons. The maximum absolute atomic E-state index is 6.27. The Kier molecular flexibility index (Phi) is 6.12. The van der Waals surface area contributed by atoms with Gasteiger partial charge in [-0.2, -0.15) is 11.8 Å². The summed E-state index contributed by atoms with van der Waals surface area (Å²) in [4.78, 5) is 9.02. The monoisotopic (exact) mass is 336 g/mol. The van der Waals surface area contributed by atoms with Crippen LogP contribution in [0.25, 0.3) is 0 Å². The van der Waals surface area contributed by atoms with Crippen molar-refractivity contribution in [1.82, 2.24) is 9.97 Å². The van der Waals surface area contributed by atoms with E-state index in [9.17, 15) is 0 Å². The SMILES string of the molecule is CCCc1c(Cl)nc(C2SCCSC2CC)nc1Cl. The van der Waals surface area contributed by atoms with E-state index in [1.165, 1.54) is 5.75 Å². The highest BCUT2D eigenvalue weighted by molar-refractivity contribution is 8.06. The van der Waals surface area contributed by atoms with Gasteiger partial charge in [-0.1, -0.05) is 43.5 Å². The maximum atomic E-state index is 6.27. The van der Waals surface area contributed by atoms with Gasteiger partial charge in [0.1, 0.15) is 16.1 Å². The van der Waals surface area contributed by atoms with Gasteiger partial charge >= 0.3 is 0 Å². The van der Waals surface area contributed by atoms with E-state index < -0.39 is 0 Å². The van der Waals surface area contributed by atoms with Crippen molar-refractivity contribution >= 4 is 46.7 Å². The van der Waals surface area contributed by atoms with Crippen molar-refractivity contribution < 1.29 is 0 Å². The van der Waals surface area contributed by atoms with Crippen LogP contribution in [0.5, 0.6) is 0 Å². The number of aromatic nitrogens is 2. The quantitative estimate of drug-likeness (QED) is 0.719. The fourth-order valence-electron chi connectivity index (χ4n) is 2.17. The zero-order valence-electron chi connectivity index (χ0n) is 11.2. The number of nitrogens with zero attached hydrogens (tertiary/aromatic N) is 2. The molecule has 1 fully saturated rings. The highest BCUT2D eigenvalue weighted by Crippen LogP contribution is 2.43. The van der Waals surface area contributed by atoms with Crippen LogP contribution in [0.3, 0.4) is 0 Å². The van der Waals surface area contributed by atoms with Crippen molar-refractivity contribution in [3.8, 4) is 0 Å². The highest BCUT2D eigenvalue weighted by Gasteiger charge is 2.29. The minimum Gasteiger partial charge on any atom is -0.220 e. The molecular weight excluding hydrogens is 319 g/mol. The third kappa shape index (κ3) is 3.72. The third-order valence-electron chi connectivity index (χ3n) is 3.13. The zero-order valence-corrected chi connectivity index (χ0v) is 14.3. The summed E-state index contributed by atoms with van der Waals surface area (Å²) in [6, 6.07) is 0. The number of halogens is 2. The van der Waals surface area contributed by atoms with Crippen molar-refractivity contribution in [1.29, 1.82) is 0 Å². The predicted molar refractivity (Wildman–Crippen MR) is 87.8 cm³/mol. The van der Waals surface area contributed by atoms with Crippen LogP contribution in [0.2, 0.25) is 10.3 Å². The molecule has 0 aromatic carbocycles. The van der Waals surface area contributed by atoms with Gasteiger partial charge in [-0.05, 0) is 12.8 Å². The topological polar surface area (TPSA) is 25.8 Å². The molecule has 2 unspecified atom stereocenters. The minimum atomic E-state index is 0.314. The van der Waals surface area contributed by atoms with Gasteiger partial charge in [-0.3, -0.25) is 0 Å². The van der Waals surface area contributed by atoms with Crippen LogP contribution in [0, 0.1) is 0 Å². The molecule has 1 aromatic heterocycles. The van der Waals surface area contributed by atoms with E-state index in [0.717, 1.165) is 36.4 Å². The number of rotatable bonds is 4. The van der Waals surface area contributed by atoms with E-state index >= 15 is 0 Å². The molecule has 0 bridgehead atoms. The van der Waals surface area contributed by atoms with Crippen molar-refractivity contribution in [2.75, 3.05) is 11.5 Å². The molecular formula is C13H18Cl2N2S2. The van der Waals surface area contributed by atoms with Crippen LogP contribution in [0.1, 0.15) is 43.3 Å². The Morgan fingerprint density at radius 1 is 1.11 bits per heavy atom. The molecule has 0 amide bonds. The van der Waals surface area contributed by atoms with Crippen molar-refractivity contribution in [2.24, 2.45) is 0 Å². The molecule has 2 atom stereocenters. The fourth-order valence-corrected chi connectivity index (χ4v) is 5.75. The van der Waals surface area contributed by atoms with Gasteiger partial charge in [0.25, 0.3) is 0 Å². The summed E-state index contributed by atoms with van der Waals surface area (Å²) in [6.07, 6.45) is 2.95. The molecule has 0 saturated carbocycles. The van der Waals surface area contributed by atoms with Crippen molar-refractivity contribution in [3.63, 3.8) is 0 Å². The van der Waals surface area contributed by atoms with E-state index in [0.29, 0.717) is 20.8 Å². The summed E-state index contributed by atoms with van der Waals surface area (Å²) >= 11 is 16.5. The van der Waals surface area contributed by atoms with E-state index in [1.54, 1.807) is 0 Å². The summed E-state index contributed by atoms with van der Waals surface area (Å²) in [5, 5.41) is 1.93. The molecule has 1 aliphatic rings. The zero-order chi connectivity index (χ0) is 13.8. The summed E-state index contributed by atoms with van der Waals surface area (Å²) in [5.74, 6) is 3.15. The van der Waals surface area contributed by atoms with Gasteiger partial charge < -0.3 is 0 Å². The van der Waals surface area contributed by atoms with Gasteiger partial charge in [0, 0.05) is 22.3 Å². The Hall–Kier alpha value is 0.360. The second kappa shape index (κ2) is 7.39. The van der Waals surface area contributed by atoms with E-state index in [4.69, 9.17) is 23.2 Å². The molecule has 0 N–H and O–H groups in total. The molecule has 2 rings (SSSR count). The first-order valence-corrected chi connectivity index (χ1v) is 9.47. The normalized spacial score (nSPS) is 23.6. The first kappa shape index (κ1) is 15.7. The summed E-state index contributed by atoms with van der Waals surface area (Å²) < 4.78 is 0. The second-order valence-electron chi connectivity index (χ2n) is 4.50. The predicted octanol–water partition coefficient (Wildman–Crippen LogP) is 5.04. The summed E-state index contributed by atoms with van der Waals surface area (Å²) in [6.45, 7) is 4.31. The lowest BCUT2D eigenvalue weighted by atomic mass is 10.2. The lowest BCUT2D eigenvalue weighted by Gasteiger charge is -2.29. The Morgan fingerprint density at radius 3 is 2.32 bits per heavy atom. The van der Waals surface area contributed by atoms with Gasteiger partial charge in [0.2, 0.25) is 0 Å². The summed E-state index contributed by atoms with van der Waals surface area (Å²) in [5.41, 5.74) is 0.885. The largest absolute Gasteiger partial charge is 0.220 e. The smallest absolute Gasteiger partial charge is 0.145 e. The van der Waals surface area contributed by atoms with Crippen molar-refractivity contribution in [2.45, 2.75) is 43.6 Å². The molecule has 0 aliphatic carbocycles. The Morgan fingerprint density at radius 2 is 1.74 bits per heavy atom. The highest BCUT2D eigenvalue weighted by atomic mass is 35.5. The summed E-state index contributed by atoms with van der Waals surface area (Å²) in [7, 11) is 0. The van der Waals surface area contributed by atoms with Crippen LogP contribution >= 0.6 is 46.7 Å². The molecule has 2 nitrogen and oxygen atoms in total. The van der Waals surface area contributed by atoms with Crippen LogP contribution in [0.15, 0.2) is 0 Å². The molecule has 1 aliphatic heterocycles. The van der Waals surface area contributed by atoms with E-state index in [-0.39, 0.29) is 0 Å². The first-order chi connectivity index (χ1) is 9.17. The van der Waals surface area contributed by atoms with Crippen LogP contribution in [0.4, 0.5) is 0 Å². The van der Waals surface area contributed by atoms with Gasteiger partial charge in [0.05, 0.1) is 5.25 Å². The fraction of sp³-hybridized carbons (Fsp3) is 0.692. The van der Waals surface area contributed by atoms with Gasteiger partial charge in [0.15, 0.2) is 0 Å². The third-order valence-corrected chi connectivity index (χ3v) is 7.00. The standard InChI is InChI=1S/C13H18Cl2N2S2/c1-3-5-8-11(14)16-13(17-12(8)15)10-9(4-2)18-6-7-19-10/h9-10H,3-7H2,1-2H3. The molecule has 0 spiro atoms. The average molecular weight is 337 g/mol. The van der Waals surface area contributed by atoms with E-state index in [2.05, 4.69) is 23.8 Å². The van der Waals surface area contributed by atoms with Gasteiger partial charge in [-0.25, -0.2) is 9.97 Å². The Bertz CT molecular complexity index is 420. The average Bonchev–Trinajstić information content (AvgIpc) is 2.42. The van der Waals surface area contributed by atoms with E-state index in [1.807, 2.05) is 23.5 Å². The van der Waals surface area contributed by atoms with Crippen LogP contribution in [-0.2, 0) is 6.42 Å². The molecule has 106 valence electrons. The lowest BCUT2D eigenvalue weighted by Crippen LogP contribution is -2.20. The first-order valence-electron chi connectivity index (χ1n) is 6.62. The Balaban J connectivity index is 2.29. The molecule has 1 saturated heterocycles. The van der Waals surface area contributed by atoms with Crippen molar-refractivity contribution in [3.05, 3.63) is 21.7 Å². The van der Waals surface area contributed by atoms with Gasteiger partial charge in [-0.15, -0.1) is 11.8 Å². The number of hydrogen-bond donors (Lipinski definition) is 0. The lowest BCUT2D eigenvalue weighted by molar-refractivity contribution is 0.744.